The molecule has 3 fully saturated rings. The number of piperazine rings is 1. The van der Waals surface area contributed by atoms with E-state index in [-0.39, 0.29) is 5.97 Å². The number of carbonyl (C=O) groups is 1. The van der Waals surface area contributed by atoms with E-state index in [1.165, 1.54) is 19.4 Å². The van der Waals surface area contributed by atoms with Gasteiger partial charge in [0.15, 0.2) is 0 Å². The van der Waals surface area contributed by atoms with Gasteiger partial charge < -0.3 is 10.5 Å². The summed E-state index contributed by atoms with van der Waals surface area (Å²) < 4.78 is 5.27. The highest BCUT2D eigenvalue weighted by atomic mass is 16.5. The van der Waals surface area contributed by atoms with Gasteiger partial charge >= 0.3 is 5.97 Å². The molecule has 2 N–H and O–H groups in total. The third-order valence-corrected chi connectivity index (χ3v) is 5.49. The van der Waals surface area contributed by atoms with Crippen molar-refractivity contribution in [3.63, 3.8) is 0 Å². The second kappa shape index (κ2) is 5.86. The molecular formula is C16H29N3O2. The van der Waals surface area contributed by atoms with Crippen LogP contribution < -0.4 is 5.73 Å². The first-order valence-electron chi connectivity index (χ1n) is 8.48. The normalized spacial score (nSPS) is 33.5. The van der Waals surface area contributed by atoms with E-state index >= 15 is 0 Å². The minimum absolute atomic E-state index is 0.200. The van der Waals surface area contributed by atoms with Crippen LogP contribution in [0.2, 0.25) is 0 Å². The van der Waals surface area contributed by atoms with Crippen LogP contribution in [-0.4, -0.2) is 66.2 Å². The summed E-state index contributed by atoms with van der Waals surface area (Å²) >= 11 is 0. The van der Waals surface area contributed by atoms with Gasteiger partial charge in [0.2, 0.25) is 0 Å². The molecule has 3 aliphatic rings. The van der Waals surface area contributed by atoms with Crippen molar-refractivity contribution < 1.29 is 9.53 Å². The lowest BCUT2D eigenvalue weighted by atomic mass is 9.92. The fourth-order valence-corrected chi connectivity index (χ4v) is 4.03. The molecule has 0 bridgehead atoms. The van der Waals surface area contributed by atoms with E-state index in [1.54, 1.807) is 0 Å². The molecule has 2 aliphatic heterocycles. The molecule has 2 saturated heterocycles. The van der Waals surface area contributed by atoms with Crippen LogP contribution in [0.4, 0.5) is 0 Å². The van der Waals surface area contributed by atoms with E-state index in [0.29, 0.717) is 31.2 Å². The summed E-state index contributed by atoms with van der Waals surface area (Å²) in [6, 6.07) is 1.13. The van der Waals surface area contributed by atoms with E-state index < -0.39 is 5.54 Å². The Morgan fingerprint density at radius 2 is 2.10 bits per heavy atom. The third kappa shape index (κ3) is 2.96. The quantitative estimate of drug-likeness (QED) is 0.761. The van der Waals surface area contributed by atoms with Crippen LogP contribution in [0.3, 0.4) is 0 Å². The molecule has 0 aromatic rings. The van der Waals surface area contributed by atoms with Gasteiger partial charge in [0.1, 0.15) is 5.54 Å². The summed E-state index contributed by atoms with van der Waals surface area (Å²) in [6.45, 7) is 8.56. The molecule has 3 unspecified atom stereocenters. The van der Waals surface area contributed by atoms with Crippen LogP contribution in [-0.2, 0) is 9.53 Å². The lowest BCUT2D eigenvalue weighted by Gasteiger charge is -2.45. The van der Waals surface area contributed by atoms with Gasteiger partial charge in [-0.25, -0.2) is 4.79 Å². The van der Waals surface area contributed by atoms with Gasteiger partial charge in [0, 0.05) is 31.7 Å². The molecular weight excluding hydrogens is 266 g/mol. The number of nitrogens with two attached hydrogens (primary N) is 1. The Hall–Kier alpha value is -0.650. The number of hydrogen-bond donors (Lipinski definition) is 1. The molecule has 0 radical (unpaired) electrons. The van der Waals surface area contributed by atoms with Crippen molar-refractivity contribution >= 4 is 5.97 Å². The topological polar surface area (TPSA) is 58.8 Å². The van der Waals surface area contributed by atoms with Gasteiger partial charge in [-0.2, -0.15) is 0 Å². The summed E-state index contributed by atoms with van der Waals surface area (Å²) in [7, 11) is 0. The number of esters is 1. The number of rotatable bonds is 5. The van der Waals surface area contributed by atoms with E-state index in [1.807, 2.05) is 6.92 Å². The van der Waals surface area contributed by atoms with Gasteiger partial charge in [0.25, 0.3) is 0 Å². The van der Waals surface area contributed by atoms with Gasteiger partial charge in [-0.15, -0.1) is 0 Å². The minimum atomic E-state index is -0.801. The van der Waals surface area contributed by atoms with E-state index in [9.17, 15) is 4.79 Å². The van der Waals surface area contributed by atoms with Crippen molar-refractivity contribution in [2.75, 3.05) is 32.8 Å². The van der Waals surface area contributed by atoms with Crippen LogP contribution in [0.1, 0.15) is 39.5 Å². The number of carbonyl (C=O) groups excluding carboxylic acids is 1. The predicted octanol–water partition coefficient (Wildman–Crippen LogP) is 0.826. The summed E-state index contributed by atoms with van der Waals surface area (Å²) in [5, 5.41) is 0. The first-order chi connectivity index (χ1) is 10.0. The monoisotopic (exact) mass is 295 g/mol. The maximum absolute atomic E-state index is 12.4. The Balaban J connectivity index is 1.69. The van der Waals surface area contributed by atoms with Crippen LogP contribution >= 0.6 is 0 Å². The molecule has 1 aliphatic carbocycles. The summed E-state index contributed by atoms with van der Waals surface area (Å²) in [5.41, 5.74) is 5.73. The second-order valence-electron chi connectivity index (χ2n) is 7.10. The van der Waals surface area contributed by atoms with Gasteiger partial charge in [-0.05, 0) is 52.0 Å². The molecule has 0 aromatic carbocycles. The number of fused-ring (bicyclic) bond motifs is 1. The van der Waals surface area contributed by atoms with Crippen molar-refractivity contribution in [1.29, 1.82) is 0 Å². The number of hydrogen-bond acceptors (Lipinski definition) is 5. The Morgan fingerprint density at radius 3 is 2.76 bits per heavy atom. The fourth-order valence-electron chi connectivity index (χ4n) is 4.03. The van der Waals surface area contributed by atoms with Gasteiger partial charge in [0.05, 0.1) is 6.61 Å². The maximum atomic E-state index is 12.4. The average molecular weight is 295 g/mol. The molecule has 21 heavy (non-hydrogen) atoms. The maximum Gasteiger partial charge on any atom is 0.327 e. The summed E-state index contributed by atoms with van der Waals surface area (Å²) in [5.74, 6) is 0.110. The molecule has 2 heterocycles. The van der Waals surface area contributed by atoms with E-state index in [4.69, 9.17) is 10.5 Å². The standard InChI is InChI=1S/C16H29N3O2/c1-3-21-15(20)16(17,13-6-7-13)11-19-10-14-5-4-8-18(14)9-12(19)2/h12-14H,3-11,17H2,1-2H3. The first-order valence-corrected chi connectivity index (χ1v) is 8.48. The molecule has 0 aromatic heterocycles. The molecule has 5 heteroatoms. The van der Waals surface area contributed by atoms with Crippen LogP contribution in [0.15, 0.2) is 0 Å². The Labute approximate surface area is 127 Å². The zero-order valence-electron chi connectivity index (χ0n) is 13.4. The SMILES string of the molecule is CCOC(=O)C(N)(CN1CC2CCCN2CC1C)C1CC1. The average Bonchev–Trinajstić information content (AvgIpc) is 3.21. The highest BCUT2D eigenvalue weighted by molar-refractivity contribution is 5.82. The molecule has 1 saturated carbocycles. The van der Waals surface area contributed by atoms with E-state index in [0.717, 1.165) is 25.9 Å². The number of ether oxygens (including phenoxy) is 1. The zero-order chi connectivity index (χ0) is 15.0. The van der Waals surface area contributed by atoms with Crippen molar-refractivity contribution in [3.8, 4) is 0 Å². The molecule has 120 valence electrons. The second-order valence-corrected chi connectivity index (χ2v) is 7.10. The smallest absolute Gasteiger partial charge is 0.327 e. The fraction of sp³-hybridized carbons (Fsp3) is 0.938. The highest BCUT2D eigenvalue weighted by Gasteiger charge is 2.51. The molecule has 0 amide bonds. The molecule has 3 atom stereocenters. The van der Waals surface area contributed by atoms with Crippen molar-refractivity contribution in [2.24, 2.45) is 11.7 Å². The Morgan fingerprint density at radius 1 is 1.33 bits per heavy atom. The lowest BCUT2D eigenvalue weighted by molar-refractivity contribution is -0.152. The summed E-state index contributed by atoms with van der Waals surface area (Å²) in [6.07, 6.45) is 4.71. The third-order valence-electron chi connectivity index (χ3n) is 5.49. The van der Waals surface area contributed by atoms with E-state index in [2.05, 4.69) is 16.7 Å². The molecule has 0 spiro atoms. The highest BCUT2D eigenvalue weighted by Crippen LogP contribution is 2.40. The van der Waals surface area contributed by atoms with Crippen molar-refractivity contribution in [3.05, 3.63) is 0 Å². The van der Waals surface area contributed by atoms with Crippen molar-refractivity contribution in [2.45, 2.75) is 57.2 Å². The van der Waals surface area contributed by atoms with Crippen LogP contribution in [0.5, 0.6) is 0 Å². The number of nitrogens with zero attached hydrogens (tertiary/aromatic N) is 2. The van der Waals surface area contributed by atoms with Crippen LogP contribution in [0, 0.1) is 5.92 Å². The van der Waals surface area contributed by atoms with Gasteiger partial charge in [-0.3, -0.25) is 9.80 Å². The predicted molar refractivity (Wildman–Crippen MR) is 81.9 cm³/mol. The molecule has 5 nitrogen and oxygen atoms in total. The zero-order valence-corrected chi connectivity index (χ0v) is 13.4. The summed E-state index contributed by atoms with van der Waals surface area (Å²) in [4.78, 5) is 17.4. The Kier molecular flexibility index (Phi) is 4.26. The largest absolute Gasteiger partial charge is 0.465 e. The van der Waals surface area contributed by atoms with Crippen LogP contribution in [0.25, 0.3) is 0 Å². The van der Waals surface area contributed by atoms with Gasteiger partial charge in [-0.1, -0.05) is 0 Å². The van der Waals surface area contributed by atoms with Crippen molar-refractivity contribution in [1.82, 2.24) is 9.80 Å². The Bertz CT molecular complexity index is 399. The lowest BCUT2D eigenvalue weighted by Crippen LogP contribution is -2.64. The minimum Gasteiger partial charge on any atom is -0.465 e. The molecule has 3 rings (SSSR count). The first kappa shape index (κ1) is 15.3.